The summed E-state index contributed by atoms with van der Waals surface area (Å²) in [7, 11) is 0. The molecule has 8 aromatic carbocycles. The predicted octanol–water partition coefficient (Wildman–Crippen LogP) is 16.2. The van der Waals surface area contributed by atoms with Gasteiger partial charge in [0.25, 0.3) is 0 Å². The Kier molecular flexibility index (Phi) is 7.26. The fourth-order valence-electron chi connectivity index (χ4n) is 8.87. The van der Waals surface area contributed by atoms with E-state index in [0.717, 1.165) is 127 Å². The van der Waals surface area contributed by atoms with Crippen molar-refractivity contribution in [3.8, 4) is 33.4 Å². The van der Waals surface area contributed by atoms with Crippen molar-refractivity contribution in [3.05, 3.63) is 193 Å². The highest BCUT2D eigenvalue weighted by Crippen LogP contribution is 2.43. The Balaban J connectivity index is 0.909. The van der Waals surface area contributed by atoms with E-state index in [1.807, 2.05) is 37.3 Å². The van der Waals surface area contributed by atoms with Crippen LogP contribution >= 0.6 is 0 Å². The largest absolute Gasteiger partial charge is 0.457 e. The van der Waals surface area contributed by atoms with Gasteiger partial charge in [-0.1, -0.05) is 110 Å². The molecule has 0 aliphatic rings. The van der Waals surface area contributed by atoms with Crippen LogP contribution in [0, 0.1) is 6.92 Å². The van der Waals surface area contributed by atoms with Crippen molar-refractivity contribution in [2.24, 2.45) is 0 Å². The van der Waals surface area contributed by atoms with E-state index in [9.17, 15) is 0 Å². The van der Waals surface area contributed by atoms with Gasteiger partial charge >= 0.3 is 0 Å². The molecule has 0 atom stereocenters. The summed E-state index contributed by atoms with van der Waals surface area (Å²) in [6.45, 7) is 6.09. The van der Waals surface area contributed by atoms with E-state index in [0.29, 0.717) is 0 Å². The Hall–Kier alpha value is -7.82. The first-order valence-electron chi connectivity index (χ1n) is 19.8. The Morgan fingerprint density at radius 2 is 0.814 bits per heavy atom. The minimum absolute atomic E-state index is 0.753. The second-order valence-electron chi connectivity index (χ2n) is 15.3. The average Bonchev–Trinajstić information content (AvgIpc) is 4.05. The second-order valence-corrected chi connectivity index (χ2v) is 15.3. The molecule has 12 aromatic rings. The highest BCUT2D eigenvalue weighted by atomic mass is 16.4. The van der Waals surface area contributed by atoms with Crippen LogP contribution in [-0.4, -0.2) is 0 Å². The molecule has 0 N–H and O–H groups in total. The van der Waals surface area contributed by atoms with Gasteiger partial charge in [-0.25, -0.2) is 0 Å². The summed E-state index contributed by atoms with van der Waals surface area (Å²) in [5.41, 5.74) is 15.5. The summed E-state index contributed by atoms with van der Waals surface area (Å²) in [6, 6.07) is 57.3. The number of benzene rings is 8. The molecule has 0 bridgehead atoms. The fourth-order valence-corrected chi connectivity index (χ4v) is 8.87. The third-order valence-electron chi connectivity index (χ3n) is 11.9. The van der Waals surface area contributed by atoms with Gasteiger partial charge in [0.15, 0.2) is 22.3 Å². The third kappa shape index (κ3) is 5.23. The molecular weight excluding hydrogens is 725 g/mol. The zero-order valence-corrected chi connectivity index (χ0v) is 32.1. The van der Waals surface area contributed by atoms with E-state index in [1.54, 1.807) is 0 Å². The monoisotopic (exact) mass is 758 g/mol. The van der Waals surface area contributed by atoms with Crippen LogP contribution in [0.5, 0.6) is 0 Å². The summed E-state index contributed by atoms with van der Waals surface area (Å²) in [5.74, 6) is 0.836. The number of hydrogen-bond acceptors (Lipinski definition) is 4. The summed E-state index contributed by atoms with van der Waals surface area (Å²) in [6.07, 6.45) is 4.04. The number of allylic oxidation sites excluding steroid dienone is 2. The first kappa shape index (κ1) is 33.3. The van der Waals surface area contributed by atoms with Crippen molar-refractivity contribution in [1.29, 1.82) is 0 Å². The Labute approximate surface area is 338 Å². The standard InChI is InChI=1S/C55H34O4/c1-3-33(34-11-6-4-7-12-34)28-45-32(2)56-52-41(45)20-21-42-47-30-39(18-25-50(47)57-53(42)52)36-15-10-16-37(27-36)40-19-26-51-48(31-40)44-23-22-43-46-29-38(35-13-8-5-9-14-35)17-24-49(46)58-54(43)55(44)59-51/h3-31H,1H2,2H3/b33-28+. The molecule has 12 rings (SSSR count). The van der Waals surface area contributed by atoms with Gasteiger partial charge in [-0.2, -0.15) is 0 Å². The van der Waals surface area contributed by atoms with Gasteiger partial charge < -0.3 is 17.7 Å². The van der Waals surface area contributed by atoms with Crippen LogP contribution < -0.4 is 0 Å². The predicted molar refractivity (Wildman–Crippen MR) is 244 cm³/mol. The SMILES string of the molecule is C=C/C(=C\c1c(C)oc2c1ccc1c3cc(-c4cccc(-c5ccc6oc7c(ccc8c9cc(-c%10ccccc%10)ccc9oc87)c6c5)c4)ccc3oc12)c1ccccc1. The quantitative estimate of drug-likeness (QED) is 0.158. The number of aryl methyl sites for hydroxylation is 1. The molecule has 0 aliphatic heterocycles. The van der Waals surface area contributed by atoms with Crippen molar-refractivity contribution >= 4 is 88.4 Å². The molecule has 4 heterocycles. The van der Waals surface area contributed by atoms with Gasteiger partial charge in [0.1, 0.15) is 22.5 Å². The number of rotatable bonds is 6. The summed E-state index contributed by atoms with van der Waals surface area (Å²) >= 11 is 0. The van der Waals surface area contributed by atoms with Crippen molar-refractivity contribution in [3.63, 3.8) is 0 Å². The van der Waals surface area contributed by atoms with Gasteiger partial charge in [0, 0.05) is 43.3 Å². The molecule has 0 saturated carbocycles. The van der Waals surface area contributed by atoms with Crippen LogP contribution in [0.1, 0.15) is 16.9 Å². The molecule has 4 nitrogen and oxygen atoms in total. The highest BCUT2D eigenvalue weighted by Gasteiger charge is 2.20. The number of furan rings is 4. The molecule has 0 fully saturated rings. The van der Waals surface area contributed by atoms with E-state index in [4.69, 9.17) is 17.7 Å². The van der Waals surface area contributed by atoms with Gasteiger partial charge in [0.05, 0.1) is 0 Å². The molecule has 0 saturated heterocycles. The summed E-state index contributed by atoms with van der Waals surface area (Å²) < 4.78 is 25.9. The van der Waals surface area contributed by atoms with Crippen LogP contribution in [0.4, 0.5) is 0 Å². The zero-order valence-electron chi connectivity index (χ0n) is 32.1. The maximum atomic E-state index is 6.52. The first-order valence-corrected chi connectivity index (χ1v) is 19.8. The lowest BCUT2D eigenvalue weighted by atomic mass is 9.97. The molecule has 4 aromatic heterocycles. The second kappa shape index (κ2) is 12.9. The van der Waals surface area contributed by atoms with Gasteiger partial charge in [-0.15, -0.1) is 0 Å². The lowest BCUT2D eigenvalue weighted by molar-refractivity contribution is 0.568. The first-order chi connectivity index (χ1) is 29.1. The van der Waals surface area contributed by atoms with E-state index in [2.05, 4.69) is 152 Å². The average molecular weight is 759 g/mol. The number of fused-ring (bicyclic) bond motifs is 12. The zero-order chi connectivity index (χ0) is 39.2. The summed E-state index contributed by atoms with van der Waals surface area (Å²) in [4.78, 5) is 0. The molecule has 0 unspecified atom stereocenters. The van der Waals surface area contributed by atoms with Crippen LogP contribution in [-0.2, 0) is 0 Å². The van der Waals surface area contributed by atoms with E-state index in [-0.39, 0.29) is 0 Å². The number of hydrogen-bond donors (Lipinski definition) is 0. The van der Waals surface area contributed by atoms with E-state index in [1.165, 1.54) is 5.56 Å². The minimum atomic E-state index is 0.753. The van der Waals surface area contributed by atoms with E-state index >= 15 is 0 Å². The molecule has 0 radical (unpaired) electrons. The van der Waals surface area contributed by atoms with Crippen LogP contribution in [0.2, 0.25) is 0 Å². The normalized spacial score (nSPS) is 12.3. The van der Waals surface area contributed by atoms with Crippen molar-refractivity contribution < 1.29 is 17.7 Å². The van der Waals surface area contributed by atoms with Gasteiger partial charge in [0.2, 0.25) is 0 Å². The maximum absolute atomic E-state index is 6.52. The lowest BCUT2D eigenvalue weighted by Gasteiger charge is -2.07. The molecule has 4 heteroatoms. The van der Waals surface area contributed by atoms with Crippen LogP contribution in [0.15, 0.2) is 194 Å². The van der Waals surface area contributed by atoms with Crippen molar-refractivity contribution in [1.82, 2.24) is 0 Å². The molecular formula is C55H34O4. The van der Waals surface area contributed by atoms with Crippen molar-refractivity contribution in [2.45, 2.75) is 6.92 Å². The highest BCUT2D eigenvalue weighted by molar-refractivity contribution is 6.20. The summed E-state index contributed by atoms with van der Waals surface area (Å²) in [5, 5.41) is 7.30. The van der Waals surface area contributed by atoms with Crippen molar-refractivity contribution in [2.75, 3.05) is 0 Å². The van der Waals surface area contributed by atoms with E-state index < -0.39 is 0 Å². The van der Waals surface area contributed by atoms with Crippen LogP contribution in [0.25, 0.3) is 122 Å². The molecule has 59 heavy (non-hydrogen) atoms. The molecule has 0 spiro atoms. The van der Waals surface area contributed by atoms with Crippen LogP contribution in [0.3, 0.4) is 0 Å². The van der Waals surface area contributed by atoms with Gasteiger partial charge in [-0.05, 0) is 124 Å². The molecule has 278 valence electrons. The smallest absolute Gasteiger partial charge is 0.178 e. The Morgan fingerprint density at radius 1 is 0.390 bits per heavy atom. The Morgan fingerprint density at radius 3 is 1.32 bits per heavy atom. The maximum Gasteiger partial charge on any atom is 0.178 e. The van der Waals surface area contributed by atoms with Gasteiger partial charge in [-0.3, -0.25) is 0 Å². The molecule has 0 aliphatic carbocycles. The Bertz CT molecular complexity index is 3680. The minimum Gasteiger partial charge on any atom is -0.457 e. The third-order valence-corrected chi connectivity index (χ3v) is 11.9. The molecule has 0 amide bonds. The lowest BCUT2D eigenvalue weighted by Crippen LogP contribution is -1.82. The fraction of sp³-hybridized carbons (Fsp3) is 0.0182. The topological polar surface area (TPSA) is 52.6 Å².